The Morgan fingerprint density at radius 1 is 1.29 bits per heavy atom. The summed E-state index contributed by atoms with van der Waals surface area (Å²) in [5, 5.41) is 4.32. The lowest BCUT2D eigenvalue weighted by atomic mass is 10.3. The van der Waals surface area contributed by atoms with E-state index in [9.17, 15) is 8.42 Å². The van der Waals surface area contributed by atoms with Crippen molar-refractivity contribution in [1.82, 2.24) is 14.3 Å². The molecule has 3 heterocycles. The average molecular weight is 321 g/mol. The number of nitrogens with zero attached hydrogens (tertiary/aromatic N) is 2. The summed E-state index contributed by atoms with van der Waals surface area (Å²) >= 11 is 1.30. The molecule has 5 nitrogen and oxygen atoms in total. The molecule has 0 atom stereocenters. The molecular weight excluding hydrogens is 306 g/mol. The van der Waals surface area contributed by atoms with Crippen molar-refractivity contribution in [1.29, 1.82) is 0 Å². The van der Waals surface area contributed by atoms with Gasteiger partial charge in [0.2, 0.25) is 10.0 Å². The lowest BCUT2D eigenvalue weighted by Gasteiger charge is -2.02. The van der Waals surface area contributed by atoms with Gasteiger partial charge in [-0.05, 0) is 36.8 Å². The topological polar surface area (TPSA) is 63.5 Å². The molecule has 0 bridgehead atoms. The summed E-state index contributed by atoms with van der Waals surface area (Å²) in [5.41, 5.74) is 1.63. The van der Waals surface area contributed by atoms with Gasteiger partial charge >= 0.3 is 0 Å². The number of hydrogen-bond acceptors (Lipinski definition) is 4. The number of sulfonamides is 1. The molecule has 0 amide bonds. The molecule has 0 aliphatic carbocycles. The second-order valence-electron chi connectivity index (χ2n) is 4.60. The fourth-order valence-electron chi connectivity index (χ4n) is 2.01. The summed E-state index contributed by atoms with van der Waals surface area (Å²) in [5.74, 6) is 0. The Bertz CT molecular complexity index is 832. The molecule has 3 aromatic heterocycles. The van der Waals surface area contributed by atoms with E-state index in [0.717, 1.165) is 16.8 Å². The molecule has 0 unspecified atom stereocenters. The van der Waals surface area contributed by atoms with Crippen molar-refractivity contribution < 1.29 is 8.42 Å². The second kappa shape index (κ2) is 5.59. The van der Waals surface area contributed by atoms with Crippen molar-refractivity contribution in [3.8, 4) is 0 Å². The standard InChI is InChI=1S/C14H15N3O2S2/c1-2-13-6-7-14(20-13)21(18,19)15-10-11-9-12-5-3-4-8-17(12)16-11/h3-9,15H,2,10H2,1H3. The van der Waals surface area contributed by atoms with E-state index in [1.165, 1.54) is 11.3 Å². The zero-order valence-corrected chi connectivity index (χ0v) is 13.1. The molecule has 0 saturated carbocycles. The van der Waals surface area contributed by atoms with Crippen LogP contribution in [0.15, 0.2) is 46.8 Å². The molecule has 21 heavy (non-hydrogen) atoms. The van der Waals surface area contributed by atoms with Crippen LogP contribution in [0.2, 0.25) is 0 Å². The van der Waals surface area contributed by atoms with Gasteiger partial charge in [0.1, 0.15) is 4.21 Å². The van der Waals surface area contributed by atoms with E-state index < -0.39 is 10.0 Å². The first-order valence-electron chi connectivity index (χ1n) is 6.60. The van der Waals surface area contributed by atoms with Crippen molar-refractivity contribution in [2.24, 2.45) is 0 Å². The highest BCUT2D eigenvalue weighted by atomic mass is 32.2. The van der Waals surface area contributed by atoms with Crippen LogP contribution < -0.4 is 4.72 Å². The fraction of sp³-hybridized carbons (Fsp3) is 0.214. The smallest absolute Gasteiger partial charge is 0.241 e. The third-order valence-electron chi connectivity index (χ3n) is 3.11. The number of pyridine rings is 1. The van der Waals surface area contributed by atoms with E-state index in [1.807, 2.05) is 43.5 Å². The number of nitrogens with one attached hydrogen (secondary N) is 1. The molecule has 0 aromatic carbocycles. The Morgan fingerprint density at radius 2 is 2.14 bits per heavy atom. The minimum absolute atomic E-state index is 0.184. The first kappa shape index (κ1) is 14.2. The second-order valence-corrected chi connectivity index (χ2v) is 7.77. The zero-order valence-electron chi connectivity index (χ0n) is 11.5. The molecule has 0 fully saturated rings. The molecule has 0 saturated heterocycles. The normalized spacial score (nSPS) is 12.0. The monoisotopic (exact) mass is 321 g/mol. The minimum atomic E-state index is -3.47. The Balaban J connectivity index is 1.76. The Labute approximate surface area is 127 Å². The van der Waals surface area contributed by atoms with E-state index in [1.54, 1.807) is 10.6 Å². The molecule has 3 aromatic rings. The molecule has 3 rings (SSSR count). The SMILES string of the molecule is CCc1ccc(S(=O)(=O)NCc2cc3ccccn3n2)s1. The summed E-state index contributed by atoms with van der Waals surface area (Å²) in [4.78, 5) is 1.06. The lowest BCUT2D eigenvalue weighted by Crippen LogP contribution is -2.22. The van der Waals surface area contributed by atoms with E-state index in [-0.39, 0.29) is 6.54 Å². The van der Waals surface area contributed by atoms with Crippen LogP contribution in [0.3, 0.4) is 0 Å². The van der Waals surface area contributed by atoms with E-state index in [0.29, 0.717) is 9.90 Å². The minimum Gasteiger partial charge on any atom is -0.241 e. The molecule has 110 valence electrons. The zero-order chi connectivity index (χ0) is 14.9. The number of hydrogen-bond donors (Lipinski definition) is 1. The van der Waals surface area contributed by atoms with Gasteiger partial charge in [-0.3, -0.25) is 0 Å². The number of aryl methyl sites for hydroxylation is 1. The molecule has 0 aliphatic rings. The average Bonchev–Trinajstić information content (AvgIpc) is 3.11. The van der Waals surface area contributed by atoms with Crippen molar-refractivity contribution in [3.05, 3.63) is 53.2 Å². The fourth-order valence-corrected chi connectivity index (χ4v) is 4.35. The van der Waals surface area contributed by atoms with Gasteiger partial charge in [-0.1, -0.05) is 13.0 Å². The van der Waals surface area contributed by atoms with Gasteiger partial charge in [0.25, 0.3) is 0 Å². The lowest BCUT2D eigenvalue weighted by molar-refractivity contribution is 0.582. The van der Waals surface area contributed by atoms with Gasteiger partial charge in [-0.2, -0.15) is 5.10 Å². The maximum Gasteiger partial charge on any atom is 0.250 e. The number of thiophene rings is 1. The number of rotatable bonds is 5. The largest absolute Gasteiger partial charge is 0.250 e. The van der Waals surface area contributed by atoms with Gasteiger partial charge in [0, 0.05) is 11.1 Å². The van der Waals surface area contributed by atoms with Crippen molar-refractivity contribution in [3.63, 3.8) is 0 Å². The van der Waals surface area contributed by atoms with Crippen LogP contribution in [-0.2, 0) is 23.0 Å². The summed E-state index contributed by atoms with van der Waals surface area (Å²) in [6.45, 7) is 2.19. The Hall–Kier alpha value is -1.70. The highest BCUT2D eigenvalue weighted by Gasteiger charge is 2.16. The van der Waals surface area contributed by atoms with Crippen molar-refractivity contribution in [2.45, 2.75) is 24.1 Å². The van der Waals surface area contributed by atoms with Crippen LogP contribution in [-0.4, -0.2) is 18.0 Å². The number of fused-ring (bicyclic) bond motifs is 1. The predicted octanol–water partition coefficient (Wildman–Crippen LogP) is 2.44. The summed E-state index contributed by atoms with van der Waals surface area (Å²) in [6, 6.07) is 11.1. The maximum absolute atomic E-state index is 12.2. The highest BCUT2D eigenvalue weighted by molar-refractivity contribution is 7.91. The predicted molar refractivity (Wildman–Crippen MR) is 82.9 cm³/mol. The van der Waals surface area contributed by atoms with Gasteiger partial charge < -0.3 is 0 Å². The van der Waals surface area contributed by atoms with Crippen molar-refractivity contribution >= 4 is 26.9 Å². The molecule has 7 heteroatoms. The summed E-state index contributed by atoms with van der Waals surface area (Å²) in [6.07, 6.45) is 2.67. The molecule has 1 N–H and O–H groups in total. The van der Waals surface area contributed by atoms with Gasteiger partial charge in [-0.15, -0.1) is 11.3 Å². The first-order valence-corrected chi connectivity index (χ1v) is 8.90. The van der Waals surface area contributed by atoms with Crippen LogP contribution >= 0.6 is 11.3 Å². The molecular formula is C14H15N3O2S2. The van der Waals surface area contributed by atoms with Crippen LogP contribution in [0.5, 0.6) is 0 Å². The Kier molecular flexibility index (Phi) is 3.79. The van der Waals surface area contributed by atoms with Gasteiger partial charge in [-0.25, -0.2) is 17.7 Å². The Morgan fingerprint density at radius 3 is 2.86 bits per heavy atom. The van der Waals surface area contributed by atoms with Crippen LogP contribution in [0, 0.1) is 0 Å². The maximum atomic E-state index is 12.2. The molecule has 0 aliphatic heterocycles. The van der Waals surface area contributed by atoms with Crippen LogP contribution in [0.25, 0.3) is 5.52 Å². The van der Waals surface area contributed by atoms with Gasteiger partial charge in [0.05, 0.1) is 17.8 Å². The molecule has 0 radical (unpaired) electrons. The van der Waals surface area contributed by atoms with Gasteiger partial charge in [0.15, 0.2) is 0 Å². The molecule has 0 spiro atoms. The quantitative estimate of drug-likeness (QED) is 0.785. The van der Waals surface area contributed by atoms with Crippen LogP contribution in [0.4, 0.5) is 0 Å². The van der Waals surface area contributed by atoms with E-state index in [2.05, 4.69) is 9.82 Å². The first-order chi connectivity index (χ1) is 10.1. The third kappa shape index (κ3) is 2.99. The third-order valence-corrected chi connectivity index (χ3v) is 6.24. The van der Waals surface area contributed by atoms with Crippen molar-refractivity contribution in [2.75, 3.05) is 0 Å². The number of aromatic nitrogens is 2. The van der Waals surface area contributed by atoms with E-state index in [4.69, 9.17) is 0 Å². The summed E-state index contributed by atoms with van der Waals surface area (Å²) < 4.78 is 29.1. The van der Waals surface area contributed by atoms with Crippen LogP contribution in [0.1, 0.15) is 17.5 Å². The highest BCUT2D eigenvalue weighted by Crippen LogP contribution is 2.21. The van der Waals surface area contributed by atoms with E-state index >= 15 is 0 Å². The summed E-state index contributed by atoms with van der Waals surface area (Å²) in [7, 11) is -3.47.